The zero-order valence-electron chi connectivity index (χ0n) is 31.5. The second kappa shape index (κ2) is 15.8. The summed E-state index contributed by atoms with van der Waals surface area (Å²) in [4.78, 5) is 39.5. The van der Waals surface area contributed by atoms with E-state index in [1.165, 1.54) is 12.6 Å². The smallest absolute Gasteiger partial charge is 0.328 e. The molecule has 1 saturated carbocycles. The molecule has 6 heterocycles. The Morgan fingerprint density at radius 3 is 2.54 bits per heavy atom. The summed E-state index contributed by atoms with van der Waals surface area (Å²) in [7, 11) is 0. The first-order valence-corrected chi connectivity index (χ1v) is 19.3. The van der Waals surface area contributed by atoms with Gasteiger partial charge in [0, 0.05) is 73.6 Å². The predicted octanol–water partition coefficient (Wildman–Crippen LogP) is 4.91. The molecule has 4 aromatic heterocycles. The van der Waals surface area contributed by atoms with E-state index in [4.69, 9.17) is 0 Å². The summed E-state index contributed by atoms with van der Waals surface area (Å²) in [6.45, 7) is 8.54. The number of anilines is 3. The van der Waals surface area contributed by atoms with Crippen molar-refractivity contribution in [1.82, 2.24) is 45.0 Å². The van der Waals surface area contributed by atoms with Crippen molar-refractivity contribution in [3.63, 3.8) is 0 Å². The van der Waals surface area contributed by atoms with Gasteiger partial charge in [-0.3, -0.25) is 19.9 Å². The number of fused-ring (bicyclic) bond motifs is 1. The number of rotatable bonds is 10. The normalized spacial score (nSPS) is 21.0. The van der Waals surface area contributed by atoms with Crippen LogP contribution in [0.2, 0.25) is 0 Å². The van der Waals surface area contributed by atoms with Gasteiger partial charge in [-0.2, -0.15) is 20.3 Å². The van der Waals surface area contributed by atoms with Gasteiger partial charge in [-0.15, -0.1) is 5.10 Å². The molecule has 16 nitrogen and oxygen atoms in total. The number of amides is 3. The zero-order chi connectivity index (χ0) is 38.8. The molecular formula is C40H44N14O2. The van der Waals surface area contributed by atoms with Crippen LogP contribution in [0.1, 0.15) is 69.5 Å². The molecule has 0 unspecified atom stereocenters. The van der Waals surface area contributed by atoms with Gasteiger partial charge in [0.05, 0.1) is 41.6 Å². The minimum absolute atomic E-state index is 0.226. The molecule has 2 atom stereocenters. The van der Waals surface area contributed by atoms with Crippen molar-refractivity contribution in [3.8, 4) is 23.6 Å². The molecule has 3 fully saturated rings. The first-order chi connectivity index (χ1) is 27.3. The number of nitrogens with one attached hydrogen (secondary N) is 2. The fraction of sp³-hybridized carbons (Fsp3) is 0.425. The summed E-state index contributed by atoms with van der Waals surface area (Å²) >= 11 is 0. The number of urea groups is 1. The molecule has 0 bridgehead atoms. The Balaban J connectivity index is 0.847. The number of piperazine rings is 1. The van der Waals surface area contributed by atoms with Crippen molar-refractivity contribution in [1.29, 1.82) is 10.5 Å². The molecule has 56 heavy (non-hydrogen) atoms. The molecule has 1 aliphatic carbocycles. The number of hydrogen-bond acceptors (Lipinski definition) is 12. The van der Waals surface area contributed by atoms with Crippen LogP contribution in [-0.2, 0) is 4.79 Å². The van der Waals surface area contributed by atoms with Gasteiger partial charge < -0.3 is 10.2 Å². The van der Waals surface area contributed by atoms with Crippen LogP contribution >= 0.6 is 0 Å². The van der Waals surface area contributed by atoms with Crippen LogP contribution in [0, 0.1) is 28.6 Å². The minimum atomic E-state index is -0.468. The van der Waals surface area contributed by atoms with Crippen LogP contribution in [0.15, 0.2) is 61.2 Å². The predicted molar refractivity (Wildman–Crippen MR) is 209 cm³/mol. The number of carbonyl (C=O) groups excluding carboxylic acids is 2. The molecule has 0 spiro atoms. The number of imide groups is 1. The topological polar surface area (TPSA) is 190 Å². The molecule has 1 aromatic carbocycles. The Morgan fingerprint density at radius 1 is 0.982 bits per heavy atom. The van der Waals surface area contributed by atoms with Crippen molar-refractivity contribution < 1.29 is 9.59 Å². The number of nitriles is 2. The highest BCUT2D eigenvalue weighted by molar-refractivity contribution is 6.05. The van der Waals surface area contributed by atoms with Gasteiger partial charge in [0.2, 0.25) is 5.91 Å². The van der Waals surface area contributed by atoms with Crippen LogP contribution in [0.25, 0.3) is 22.5 Å². The summed E-state index contributed by atoms with van der Waals surface area (Å²) in [6, 6.07) is 15.5. The van der Waals surface area contributed by atoms with Crippen LogP contribution in [0.3, 0.4) is 0 Å². The van der Waals surface area contributed by atoms with E-state index in [-0.39, 0.29) is 11.9 Å². The van der Waals surface area contributed by atoms with Gasteiger partial charge >= 0.3 is 6.03 Å². The SMILES string of the molecule is C[C@H](C#N)Nc1cc(-n2ncc3cc(C#N)cnc32)ncc1-n1cc(C2CCC(CCN3CCN(c4ccc(N5CCC(=O)NC5=O)cc4)[C@H](C)C3)CC2)nn1. The van der Waals surface area contributed by atoms with Gasteiger partial charge in [0.15, 0.2) is 11.5 Å². The van der Waals surface area contributed by atoms with E-state index < -0.39 is 6.04 Å². The molecule has 3 aliphatic rings. The molecule has 2 N–H and O–H groups in total. The van der Waals surface area contributed by atoms with E-state index in [2.05, 4.69) is 77.0 Å². The second-order valence-corrected chi connectivity index (χ2v) is 15.1. The standard InChI is InChI=1S/C40H44N14O2/c1-26(19-41)46-34-18-37(54-39-31(22-45-54)17-29(20-42)21-44-39)43-23-36(34)53-25-35(48-49-53)30-5-3-28(4-6-30)11-13-50-15-16-51(27(2)24-50)32-7-9-33(10-8-32)52-14-12-38(55)47-40(52)56/h7-10,17-18,21-23,25-28,30H,3-6,11-16,24H2,1-2H3,(H,43,46)(H,47,55,56)/t26-,27-,28?,30?/m1/s1. The average molecular weight is 753 g/mol. The lowest BCUT2D eigenvalue weighted by Gasteiger charge is -2.42. The van der Waals surface area contributed by atoms with E-state index in [1.54, 1.807) is 39.6 Å². The van der Waals surface area contributed by atoms with Gasteiger partial charge in [-0.05, 0) is 88.7 Å². The third-order valence-electron chi connectivity index (χ3n) is 11.3. The van der Waals surface area contributed by atoms with Crippen molar-refractivity contribution in [2.75, 3.05) is 47.8 Å². The largest absolute Gasteiger partial charge is 0.368 e. The maximum atomic E-state index is 12.3. The van der Waals surface area contributed by atoms with Gasteiger partial charge in [0.1, 0.15) is 17.8 Å². The number of carbonyl (C=O) groups is 2. The van der Waals surface area contributed by atoms with E-state index in [0.29, 0.717) is 59.2 Å². The summed E-state index contributed by atoms with van der Waals surface area (Å²) in [5, 5.41) is 38.8. The Kier molecular flexibility index (Phi) is 10.3. The third kappa shape index (κ3) is 7.61. The highest BCUT2D eigenvalue weighted by Crippen LogP contribution is 2.37. The quantitative estimate of drug-likeness (QED) is 0.196. The Labute approximate surface area is 324 Å². The summed E-state index contributed by atoms with van der Waals surface area (Å²) in [6.07, 6.45) is 12.8. The Hall–Kier alpha value is -6.39. The highest BCUT2D eigenvalue weighted by atomic mass is 16.2. The average Bonchev–Trinajstić information content (AvgIpc) is 3.88. The van der Waals surface area contributed by atoms with Gasteiger partial charge in [-0.25, -0.2) is 19.4 Å². The van der Waals surface area contributed by atoms with E-state index in [1.807, 2.05) is 24.4 Å². The highest BCUT2D eigenvalue weighted by Gasteiger charge is 2.29. The molecule has 16 heteroatoms. The lowest BCUT2D eigenvalue weighted by atomic mass is 9.79. The lowest BCUT2D eigenvalue weighted by molar-refractivity contribution is -0.120. The molecule has 2 saturated heterocycles. The second-order valence-electron chi connectivity index (χ2n) is 15.1. The molecule has 3 amide bonds. The first-order valence-electron chi connectivity index (χ1n) is 19.3. The lowest BCUT2D eigenvalue weighted by Crippen LogP contribution is -2.52. The maximum absolute atomic E-state index is 12.3. The van der Waals surface area contributed by atoms with Gasteiger partial charge in [0.25, 0.3) is 0 Å². The van der Waals surface area contributed by atoms with E-state index in [9.17, 15) is 20.1 Å². The van der Waals surface area contributed by atoms with Crippen molar-refractivity contribution in [2.24, 2.45) is 5.92 Å². The number of hydrogen-bond donors (Lipinski definition) is 2. The molecule has 286 valence electrons. The van der Waals surface area contributed by atoms with Crippen LogP contribution < -0.4 is 20.4 Å². The van der Waals surface area contributed by atoms with Gasteiger partial charge in [-0.1, -0.05) is 5.21 Å². The Morgan fingerprint density at radius 2 is 1.79 bits per heavy atom. The number of aromatic nitrogens is 7. The number of nitrogens with zero attached hydrogens (tertiary/aromatic N) is 12. The minimum Gasteiger partial charge on any atom is -0.368 e. The summed E-state index contributed by atoms with van der Waals surface area (Å²) in [5.74, 6) is 1.31. The van der Waals surface area contributed by atoms with Crippen molar-refractivity contribution >= 4 is 40.0 Å². The third-order valence-corrected chi connectivity index (χ3v) is 11.3. The molecular weight excluding hydrogens is 709 g/mol. The fourth-order valence-corrected chi connectivity index (χ4v) is 8.21. The molecule has 2 aliphatic heterocycles. The monoisotopic (exact) mass is 752 g/mol. The summed E-state index contributed by atoms with van der Waals surface area (Å²) in [5.41, 5.74) is 5.29. The molecule has 5 aromatic rings. The molecule has 8 rings (SSSR count). The first kappa shape index (κ1) is 36.6. The van der Waals surface area contributed by atoms with E-state index >= 15 is 0 Å². The summed E-state index contributed by atoms with van der Waals surface area (Å²) < 4.78 is 3.34. The number of benzene rings is 1. The van der Waals surface area contributed by atoms with Crippen LogP contribution in [0.5, 0.6) is 0 Å². The van der Waals surface area contributed by atoms with Crippen LogP contribution in [-0.4, -0.2) is 96.4 Å². The van der Waals surface area contributed by atoms with E-state index in [0.717, 1.165) is 74.3 Å². The Bertz CT molecular complexity index is 2310. The maximum Gasteiger partial charge on any atom is 0.328 e. The molecule has 0 radical (unpaired) electrons. The fourth-order valence-electron chi connectivity index (χ4n) is 8.21. The number of pyridine rings is 2. The van der Waals surface area contributed by atoms with Crippen LogP contribution in [0.4, 0.5) is 21.9 Å². The van der Waals surface area contributed by atoms with Crippen molar-refractivity contribution in [3.05, 3.63) is 72.4 Å². The van der Waals surface area contributed by atoms with Crippen molar-refractivity contribution in [2.45, 2.75) is 70.4 Å². The zero-order valence-corrected chi connectivity index (χ0v) is 31.5.